The molecule has 3 atom stereocenters. The summed E-state index contributed by atoms with van der Waals surface area (Å²) in [5.41, 5.74) is 0. The van der Waals surface area contributed by atoms with E-state index in [-0.39, 0.29) is 18.0 Å². The number of rotatable bonds is 1. The zero-order valence-electron chi connectivity index (χ0n) is 9.74. The summed E-state index contributed by atoms with van der Waals surface area (Å²) in [6.45, 7) is 5.23. The first-order valence-electron chi connectivity index (χ1n) is 5.12. The third kappa shape index (κ3) is 1.91. The number of carbonyl (C=O) groups excluding carboxylic acids is 1. The van der Waals surface area contributed by atoms with Crippen molar-refractivity contribution in [2.45, 2.75) is 32.0 Å². The molecule has 1 heterocycles. The van der Waals surface area contributed by atoms with Crippen molar-refractivity contribution >= 4 is 5.91 Å². The molecule has 1 N–H and O–H groups in total. The molecule has 1 rings (SSSR count). The minimum Gasteiger partial charge on any atom is -0.358 e. The van der Waals surface area contributed by atoms with Crippen LogP contribution in [0.25, 0.3) is 0 Å². The van der Waals surface area contributed by atoms with Crippen LogP contribution in [0.3, 0.4) is 0 Å². The lowest BCUT2D eigenvalue weighted by Crippen LogP contribution is -2.63. The quantitative estimate of drug-likeness (QED) is 0.474. The first-order valence-corrected chi connectivity index (χ1v) is 5.12. The number of likely N-dealkylation sites (N-methyl/N-ethyl adjacent to an activating group) is 3. The Morgan fingerprint density at radius 3 is 2.43 bits per heavy atom. The van der Waals surface area contributed by atoms with E-state index >= 15 is 0 Å². The average molecular weight is 205 g/mol. The fraction of sp³-hybridized carbons (Fsp3) is 0.900. The van der Waals surface area contributed by atoms with Crippen molar-refractivity contribution in [1.82, 2.24) is 15.1 Å². The Balaban J connectivity index is 2.78. The van der Waals surface area contributed by atoms with Gasteiger partial charge in [-0.2, -0.15) is 0 Å². The second kappa shape index (κ2) is 4.28. The maximum absolute atomic E-state index is 11.7. The van der Waals surface area contributed by atoms with Gasteiger partial charge in [-0.3, -0.25) is 14.6 Å². The zero-order valence-corrected chi connectivity index (χ0v) is 9.74. The second-order valence-electron chi connectivity index (χ2n) is 4.25. The molecule has 3 unspecified atom stereocenters. The molecular formula is C10H21N3O. The molecule has 0 bridgehead atoms. The highest BCUT2D eigenvalue weighted by Gasteiger charge is 2.37. The van der Waals surface area contributed by atoms with E-state index in [1.54, 1.807) is 7.05 Å². The van der Waals surface area contributed by atoms with Gasteiger partial charge in [-0.05, 0) is 27.9 Å². The zero-order chi connectivity index (χ0) is 10.9. The first-order chi connectivity index (χ1) is 6.49. The van der Waals surface area contributed by atoms with E-state index < -0.39 is 0 Å². The Morgan fingerprint density at radius 1 is 1.36 bits per heavy atom. The monoisotopic (exact) mass is 205 g/mol. The summed E-state index contributed by atoms with van der Waals surface area (Å²) < 4.78 is 0. The van der Waals surface area contributed by atoms with Crippen LogP contribution >= 0.6 is 0 Å². The van der Waals surface area contributed by atoms with Gasteiger partial charge in [0.15, 0.2) is 0 Å². The van der Waals surface area contributed by atoms with E-state index in [9.17, 15) is 4.79 Å². The van der Waals surface area contributed by atoms with Crippen molar-refractivity contribution in [3.63, 3.8) is 0 Å². The normalized spacial score (nSPS) is 35.6. The minimum atomic E-state index is -0.0267. The smallest absolute Gasteiger partial charge is 0.238 e. The molecule has 1 fully saturated rings. The van der Waals surface area contributed by atoms with Crippen LogP contribution in [0, 0.1) is 0 Å². The van der Waals surface area contributed by atoms with E-state index in [0.29, 0.717) is 6.04 Å². The fourth-order valence-corrected chi connectivity index (χ4v) is 2.22. The Hall–Kier alpha value is -0.610. The molecule has 1 aliphatic heterocycles. The van der Waals surface area contributed by atoms with Crippen LogP contribution in [0.4, 0.5) is 0 Å². The van der Waals surface area contributed by atoms with Gasteiger partial charge in [0.05, 0.1) is 0 Å². The molecule has 4 heteroatoms. The lowest BCUT2D eigenvalue weighted by atomic mass is 10.1. The molecule has 0 aliphatic carbocycles. The van der Waals surface area contributed by atoms with Crippen LogP contribution in [0.5, 0.6) is 0 Å². The molecule has 0 aromatic rings. The number of piperazine rings is 1. The predicted molar refractivity (Wildman–Crippen MR) is 57.2 cm³/mol. The Kier molecular flexibility index (Phi) is 3.50. The van der Waals surface area contributed by atoms with Crippen LogP contribution in [-0.4, -0.2) is 61.5 Å². The van der Waals surface area contributed by atoms with Crippen molar-refractivity contribution in [2.24, 2.45) is 0 Å². The predicted octanol–water partition coefficient (Wildman–Crippen LogP) is -0.245. The molecular weight excluding hydrogens is 184 g/mol. The molecule has 0 spiro atoms. The number of nitrogens with one attached hydrogen (secondary N) is 1. The van der Waals surface area contributed by atoms with E-state index in [1.165, 1.54) is 0 Å². The number of hydrogen-bond acceptors (Lipinski definition) is 3. The van der Waals surface area contributed by atoms with E-state index in [4.69, 9.17) is 0 Å². The van der Waals surface area contributed by atoms with Gasteiger partial charge < -0.3 is 5.32 Å². The van der Waals surface area contributed by atoms with Gasteiger partial charge in [-0.25, -0.2) is 0 Å². The molecule has 14 heavy (non-hydrogen) atoms. The maximum atomic E-state index is 11.7. The van der Waals surface area contributed by atoms with Crippen molar-refractivity contribution in [1.29, 1.82) is 0 Å². The Labute approximate surface area is 86.2 Å². The number of amides is 1. The summed E-state index contributed by atoms with van der Waals surface area (Å²) in [4.78, 5) is 16.1. The molecule has 82 valence electrons. The van der Waals surface area contributed by atoms with Gasteiger partial charge in [0.2, 0.25) is 5.91 Å². The minimum absolute atomic E-state index is 0.0267. The average Bonchev–Trinajstić information content (AvgIpc) is 2.14. The van der Waals surface area contributed by atoms with Crippen molar-refractivity contribution in [3.8, 4) is 0 Å². The van der Waals surface area contributed by atoms with Crippen molar-refractivity contribution in [3.05, 3.63) is 0 Å². The highest BCUT2D eigenvalue weighted by molar-refractivity contribution is 5.82. The lowest BCUT2D eigenvalue weighted by Gasteiger charge is -2.46. The van der Waals surface area contributed by atoms with E-state index in [1.807, 2.05) is 7.05 Å². The summed E-state index contributed by atoms with van der Waals surface area (Å²) in [6.07, 6.45) is 0. The van der Waals surface area contributed by atoms with Crippen LogP contribution in [0.1, 0.15) is 13.8 Å². The highest BCUT2D eigenvalue weighted by atomic mass is 16.2. The fourth-order valence-electron chi connectivity index (χ4n) is 2.22. The summed E-state index contributed by atoms with van der Waals surface area (Å²) in [5.74, 6) is 0.110. The summed E-state index contributed by atoms with van der Waals surface area (Å²) >= 11 is 0. The highest BCUT2D eigenvalue weighted by Crippen LogP contribution is 2.18. The van der Waals surface area contributed by atoms with Gasteiger partial charge in [0, 0.05) is 25.7 Å². The van der Waals surface area contributed by atoms with Crippen LogP contribution in [-0.2, 0) is 4.79 Å². The molecule has 0 aromatic carbocycles. The maximum Gasteiger partial charge on any atom is 0.238 e. The number of hydrogen-bond donors (Lipinski definition) is 1. The van der Waals surface area contributed by atoms with Crippen molar-refractivity contribution < 1.29 is 4.79 Å². The summed E-state index contributed by atoms with van der Waals surface area (Å²) in [6, 6.07) is 0.751. The Bertz CT molecular complexity index is 219. The first kappa shape index (κ1) is 11.5. The number of nitrogens with zero attached hydrogens (tertiary/aromatic N) is 2. The standard InChI is InChI=1S/C10H21N3O/c1-7-6-12(4)9(10(14)11-3)8(2)13(7)5/h7-9H,6H2,1-5H3,(H,11,14)/i3+1,4+1,5+1,6+1,7+1,11+1. The van der Waals surface area contributed by atoms with Crippen LogP contribution in [0.15, 0.2) is 0 Å². The van der Waals surface area contributed by atoms with Gasteiger partial charge in [-0.15, -0.1) is 0 Å². The summed E-state index contributed by atoms with van der Waals surface area (Å²) in [5, 5.41) is 2.72. The molecule has 4 nitrogen and oxygen atoms in total. The SMILES string of the molecule is CC1C(C(=O)[15NH][13CH3])N([13CH3])[13CH2][13CH](C)N1[13CH3]. The third-order valence-corrected chi connectivity index (χ3v) is 3.34. The van der Waals surface area contributed by atoms with Gasteiger partial charge in [-0.1, -0.05) is 0 Å². The molecule has 1 saturated heterocycles. The van der Waals surface area contributed by atoms with E-state index in [0.717, 1.165) is 6.54 Å². The molecule has 0 radical (unpaired) electrons. The molecule has 1 aliphatic rings. The third-order valence-electron chi connectivity index (χ3n) is 3.34. The van der Waals surface area contributed by atoms with Gasteiger partial charge >= 0.3 is 0 Å². The molecule has 0 saturated carbocycles. The second-order valence-corrected chi connectivity index (χ2v) is 4.25. The van der Waals surface area contributed by atoms with Gasteiger partial charge in [0.1, 0.15) is 6.04 Å². The van der Waals surface area contributed by atoms with Gasteiger partial charge in [0.25, 0.3) is 0 Å². The van der Waals surface area contributed by atoms with Crippen LogP contribution in [0.2, 0.25) is 0 Å². The topological polar surface area (TPSA) is 35.6 Å². The summed E-state index contributed by atoms with van der Waals surface area (Å²) in [7, 11) is 5.79. The lowest BCUT2D eigenvalue weighted by molar-refractivity contribution is -0.130. The molecule has 0 aromatic heterocycles. The largest absolute Gasteiger partial charge is 0.358 e. The van der Waals surface area contributed by atoms with Crippen molar-refractivity contribution in [2.75, 3.05) is 27.7 Å². The molecule has 1 amide bonds. The number of carbonyl (C=O) groups is 1. The van der Waals surface area contributed by atoms with E-state index in [2.05, 4.69) is 36.0 Å². The van der Waals surface area contributed by atoms with Crippen LogP contribution < -0.4 is 5.32 Å². The Morgan fingerprint density at radius 2 is 1.93 bits per heavy atom.